The molecule has 0 aliphatic carbocycles. The Morgan fingerprint density at radius 2 is 1.75 bits per heavy atom. The van der Waals surface area contributed by atoms with E-state index in [0.717, 1.165) is 57.1 Å². The zero-order chi connectivity index (χ0) is 22.5. The molecule has 1 aliphatic heterocycles. The Labute approximate surface area is 201 Å². The standard InChI is InChI=1S/C23H26ClN3O3S2/c1-29-18-9-10-19(30-2)22-21(18)25-23(32-22)27-13-11-26(12-14-27)20(28)4-3-15-31-17-7-5-16(24)6-8-17/h5-10H,3-4,11-15H2,1-2H3. The molecule has 0 radical (unpaired) electrons. The van der Waals surface area contributed by atoms with Crippen LogP contribution in [0.4, 0.5) is 5.13 Å². The molecule has 6 nitrogen and oxygen atoms in total. The lowest BCUT2D eigenvalue weighted by Crippen LogP contribution is -2.48. The summed E-state index contributed by atoms with van der Waals surface area (Å²) in [6.07, 6.45) is 1.44. The Kier molecular flexibility index (Phi) is 7.65. The first kappa shape index (κ1) is 23.0. The highest BCUT2D eigenvalue weighted by Crippen LogP contribution is 2.40. The molecule has 32 heavy (non-hydrogen) atoms. The van der Waals surface area contributed by atoms with Crippen LogP contribution in [0, 0.1) is 0 Å². The van der Waals surface area contributed by atoms with Gasteiger partial charge < -0.3 is 19.3 Å². The molecular weight excluding hydrogens is 466 g/mol. The van der Waals surface area contributed by atoms with Gasteiger partial charge in [-0.2, -0.15) is 0 Å². The first-order valence-electron chi connectivity index (χ1n) is 10.5. The predicted molar refractivity (Wildman–Crippen MR) is 133 cm³/mol. The predicted octanol–water partition coefficient (Wildman–Crippen LogP) is 5.19. The summed E-state index contributed by atoms with van der Waals surface area (Å²) in [6.45, 7) is 2.98. The van der Waals surface area contributed by atoms with Crippen LogP contribution in [-0.4, -0.2) is 61.9 Å². The highest BCUT2D eigenvalue weighted by Gasteiger charge is 2.24. The van der Waals surface area contributed by atoms with Crippen LogP contribution in [0.3, 0.4) is 0 Å². The molecule has 0 bridgehead atoms. The molecule has 170 valence electrons. The summed E-state index contributed by atoms with van der Waals surface area (Å²) in [6, 6.07) is 11.6. The number of amides is 1. The maximum Gasteiger partial charge on any atom is 0.222 e. The lowest BCUT2D eigenvalue weighted by atomic mass is 10.2. The maximum atomic E-state index is 12.6. The van der Waals surface area contributed by atoms with Crippen LogP contribution in [-0.2, 0) is 4.79 Å². The zero-order valence-electron chi connectivity index (χ0n) is 18.2. The minimum Gasteiger partial charge on any atom is -0.495 e. The fourth-order valence-corrected chi connectivity index (χ4v) is 5.76. The van der Waals surface area contributed by atoms with Crippen molar-refractivity contribution in [2.24, 2.45) is 0 Å². The third-order valence-electron chi connectivity index (χ3n) is 5.42. The topological polar surface area (TPSA) is 54.9 Å². The fourth-order valence-electron chi connectivity index (χ4n) is 3.66. The molecule has 2 aromatic carbocycles. The van der Waals surface area contributed by atoms with E-state index in [1.165, 1.54) is 4.90 Å². The van der Waals surface area contributed by atoms with Crippen molar-refractivity contribution in [2.75, 3.05) is 51.1 Å². The van der Waals surface area contributed by atoms with Crippen molar-refractivity contribution in [1.29, 1.82) is 0 Å². The number of carbonyl (C=O) groups is 1. The van der Waals surface area contributed by atoms with Crippen LogP contribution in [0.1, 0.15) is 12.8 Å². The average molecular weight is 492 g/mol. The molecule has 0 saturated carbocycles. The molecule has 4 rings (SSSR count). The van der Waals surface area contributed by atoms with Crippen LogP contribution in [0.15, 0.2) is 41.3 Å². The molecule has 1 aliphatic rings. The first-order valence-corrected chi connectivity index (χ1v) is 12.7. The third kappa shape index (κ3) is 5.24. The third-order valence-corrected chi connectivity index (χ3v) is 7.90. The molecule has 1 amide bonds. The number of nitrogens with zero attached hydrogens (tertiary/aromatic N) is 3. The molecule has 0 spiro atoms. The number of rotatable bonds is 8. The fraction of sp³-hybridized carbons (Fsp3) is 0.391. The number of thiazole rings is 1. The number of methoxy groups -OCH3 is 2. The van der Waals surface area contributed by atoms with Crippen molar-refractivity contribution >= 4 is 56.0 Å². The van der Waals surface area contributed by atoms with E-state index in [4.69, 9.17) is 26.1 Å². The van der Waals surface area contributed by atoms with E-state index >= 15 is 0 Å². The Hall–Kier alpha value is -2.16. The van der Waals surface area contributed by atoms with Gasteiger partial charge in [-0.05, 0) is 48.6 Å². The van der Waals surface area contributed by atoms with Crippen LogP contribution >= 0.6 is 34.7 Å². The van der Waals surface area contributed by atoms with Crippen LogP contribution in [0.5, 0.6) is 11.5 Å². The number of hydrogen-bond donors (Lipinski definition) is 0. The van der Waals surface area contributed by atoms with Gasteiger partial charge in [0.15, 0.2) is 5.13 Å². The van der Waals surface area contributed by atoms with Crippen molar-refractivity contribution in [3.63, 3.8) is 0 Å². The van der Waals surface area contributed by atoms with E-state index in [2.05, 4.69) is 4.90 Å². The number of aromatic nitrogens is 1. The van der Waals surface area contributed by atoms with E-state index in [1.807, 2.05) is 41.3 Å². The molecular formula is C23H26ClN3O3S2. The number of fused-ring (bicyclic) bond motifs is 1. The van der Waals surface area contributed by atoms with Gasteiger partial charge in [0.1, 0.15) is 21.7 Å². The molecule has 3 aromatic rings. The SMILES string of the molecule is COc1ccc(OC)c2sc(N3CCN(C(=O)CCCSc4ccc(Cl)cc4)CC3)nc12. The van der Waals surface area contributed by atoms with Crippen molar-refractivity contribution < 1.29 is 14.3 Å². The largest absolute Gasteiger partial charge is 0.495 e. The van der Waals surface area contributed by atoms with E-state index in [9.17, 15) is 4.79 Å². The van der Waals surface area contributed by atoms with Gasteiger partial charge in [0.2, 0.25) is 5.91 Å². The number of thioether (sulfide) groups is 1. The summed E-state index contributed by atoms with van der Waals surface area (Å²) in [5, 5.41) is 1.68. The van der Waals surface area contributed by atoms with Crippen LogP contribution in [0.2, 0.25) is 5.02 Å². The minimum atomic E-state index is 0.231. The maximum absolute atomic E-state index is 12.6. The Balaban J connectivity index is 1.28. The summed E-state index contributed by atoms with van der Waals surface area (Å²) in [7, 11) is 3.32. The van der Waals surface area contributed by atoms with Crippen molar-refractivity contribution in [3.05, 3.63) is 41.4 Å². The van der Waals surface area contributed by atoms with Crippen molar-refractivity contribution in [3.8, 4) is 11.5 Å². The van der Waals surface area contributed by atoms with Crippen molar-refractivity contribution in [1.82, 2.24) is 9.88 Å². The minimum absolute atomic E-state index is 0.231. The van der Waals surface area contributed by atoms with Gasteiger partial charge in [0, 0.05) is 42.5 Å². The Bertz CT molecular complexity index is 1030. The zero-order valence-corrected chi connectivity index (χ0v) is 20.6. The van der Waals surface area contributed by atoms with Crippen LogP contribution in [0.25, 0.3) is 10.2 Å². The van der Waals surface area contributed by atoms with Crippen molar-refractivity contribution in [2.45, 2.75) is 17.7 Å². The number of carbonyl (C=O) groups excluding carboxylic acids is 1. The lowest BCUT2D eigenvalue weighted by molar-refractivity contribution is -0.131. The van der Waals surface area contributed by atoms with E-state index in [1.54, 1.807) is 37.3 Å². The number of benzene rings is 2. The number of hydrogen-bond acceptors (Lipinski definition) is 7. The van der Waals surface area contributed by atoms with Gasteiger partial charge in [-0.3, -0.25) is 4.79 Å². The summed E-state index contributed by atoms with van der Waals surface area (Å²) < 4.78 is 11.9. The molecule has 9 heteroatoms. The monoisotopic (exact) mass is 491 g/mol. The van der Waals surface area contributed by atoms with E-state index < -0.39 is 0 Å². The summed E-state index contributed by atoms with van der Waals surface area (Å²) >= 11 is 9.28. The summed E-state index contributed by atoms with van der Waals surface area (Å²) in [4.78, 5) is 22.8. The Morgan fingerprint density at radius 1 is 1.06 bits per heavy atom. The van der Waals surface area contributed by atoms with Gasteiger partial charge in [0.25, 0.3) is 0 Å². The number of halogens is 1. The highest BCUT2D eigenvalue weighted by molar-refractivity contribution is 7.99. The van der Waals surface area contributed by atoms with Gasteiger partial charge in [-0.1, -0.05) is 22.9 Å². The molecule has 0 atom stereocenters. The number of ether oxygens (including phenoxy) is 2. The molecule has 1 saturated heterocycles. The normalized spacial score (nSPS) is 14.1. The molecule has 0 N–H and O–H groups in total. The van der Waals surface area contributed by atoms with E-state index in [0.29, 0.717) is 19.5 Å². The second kappa shape index (κ2) is 10.6. The molecule has 1 fully saturated rings. The summed E-state index contributed by atoms with van der Waals surface area (Å²) in [5.74, 6) is 2.69. The Morgan fingerprint density at radius 3 is 2.44 bits per heavy atom. The summed E-state index contributed by atoms with van der Waals surface area (Å²) in [5.41, 5.74) is 0.823. The smallest absolute Gasteiger partial charge is 0.222 e. The molecule has 2 heterocycles. The van der Waals surface area contributed by atoms with Gasteiger partial charge >= 0.3 is 0 Å². The highest BCUT2D eigenvalue weighted by atomic mass is 35.5. The van der Waals surface area contributed by atoms with E-state index in [-0.39, 0.29) is 5.91 Å². The molecule has 1 aromatic heterocycles. The van der Waals surface area contributed by atoms with Gasteiger partial charge in [-0.25, -0.2) is 4.98 Å². The second-order valence-corrected chi connectivity index (χ2v) is 10.0. The number of piperazine rings is 1. The van der Waals surface area contributed by atoms with Gasteiger partial charge in [0.05, 0.1) is 14.2 Å². The van der Waals surface area contributed by atoms with Crippen LogP contribution < -0.4 is 14.4 Å². The second-order valence-electron chi connectivity index (χ2n) is 7.42. The quantitative estimate of drug-likeness (QED) is 0.319. The average Bonchev–Trinajstić information content (AvgIpc) is 3.28. The van der Waals surface area contributed by atoms with Gasteiger partial charge in [-0.15, -0.1) is 11.8 Å². The molecule has 0 unspecified atom stereocenters. The lowest BCUT2D eigenvalue weighted by Gasteiger charge is -2.34. The first-order chi connectivity index (χ1) is 15.6. The number of anilines is 1.